The average molecular weight is 282 g/mol. The molecule has 114 valence electrons. The number of nitrogens with zero attached hydrogens (tertiary/aromatic N) is 3. The lowest BCUT2D eigenvalue weighted by atomic mass is 10.2. The van der Waals surface area contributed by atoms with Crippen molar-refractivity contribution in [2.45, 2.75) is 52.4 Å². The summed E-state index contributed by atoms with van der Waals surface area (Å²) >= 11 is 0. The predicted molar refractivity (Wildman–Crippen MR) is 79.4 cm³/mol. The first-order chi connectivity index (χ1) is 9.80. The number of rotatable bonds is 11. The molecular formula is C14H26N4O2. The Bertz CT molecular complexity index is 374. The van der Waals surface area contributed by atoms with E-state index in [1.165, 1.54) is 25.7 Å². The van der Waals surface area contributed by atoms with Crippen LogP contribution >= 0.6 is 0 Å². The van der Waals surface area contributed by atoms with Crippen molar-refractivity contribution in [1.82, 2.24) is 15.0 Å². The maximum atomic E-state index is 5.57. The van der Waals surface area contributed by atoms with Crippen LogP contribution in [-0.2, 0) is 0 Å². The summed E-state index contributed by atoms with van der Waals surface area (Å²) in [5.41, 5.74) is 0. The smallest absolute Gasteiger partial charge is 0.324 e. The number of hydrogen-bond donors (Lipinski definition) is 1. The molecule has 1 aromatic rings. The van der Waals surface area contributed by atoms with Gasteiger partial charge in [0.2, 0.25) is 5.95 Å². The SMILES string of the molecule is CCCCCCCOc1nc(NC)nc(OCCC)n1. The van der Waals surface area contributed by atoms with E-state index in [9.17, 15) is 0 Å². The van der Waals surface area contributed by atoms with Crippen LogP contribution in [0.2, 0.25) is 0 Å². The molecule has 0 radical (unpaired) electrons. The van der Waals surface area contributed by atoms with Gasteiger partial charge in [0.15, 0.2) is 0 Å². The van der Waals surface area contributed by atoms with Gasteiger partial charge in [0, 0.05) is 7.05 Å². The highest BCUT2D eigenvalue weighted by molar-refractivity contribution is 5.26. The van der Waals surface area contributed by atoms with Crippen LogP contribution < -0.4 is 14.8 Å². The molecule has 6 nitrogen and oxygen atoms in total. The molecule has 0 aromatic carbocycles. The molecule has 1 rings (SSSR count). The molecule has 0 amide bonds. The first kappa shape index (κ1) is 16.5. The minimum atomic E-state index is 0.312. The first-order valence-electron chi connectivity index (χ1n) is 7.49. The van der Waals surface area contributed by atoms with E-state index in [2.05, 4.69) is 27.2 Å². The summed E-state index contributed by atoms with van der Waals surface area (Å²) in [6.45, 7) is 5.46. The third-order valence-electron chi connectivity index (χ3n) is 2.73. The van der Waals surface area contributed by atoms with Crippen LogP contribution in [0.5, 0.6) is 12.0 Å². The second kappa shape index (κ2) is 10.2. The number of ether oxygens (including phenoxy) is 2. The van der Waals surface area contributed by atoms with Gasteiger partial charge >= 0.3 is 12.0 Å². The van der Waals surface area contributed by atoms with E-state index >= 15 is 0 Å². The summed E-state index contributed by atoms with van der Waals surface area (Å²) in [5, 5.41) is 2.88. The molecule has 0 saturated carbocycles. The molecule has 1 aromatic heterocycles. The quantitative estimate of drug-likeness (QED) is 0.629. The van der Waals surface area contributed by atoms with Gasteiger partial charge in [-0.3, -0.25) is 0 Å². The van der Waals surface area contributed by atoms with Gasteiger partial charge in [0.1, 0.15) is 0 Å². The Labute approximate surface area is 121 Å². The van der Waals surface area contributed by atoms with Gasteiger partial charge in [-0.15, -0.1) is 4.98 Å². The average Bonchev–Trinajstić information content (AvgIpc) is 2.48. The number of nitrogens with one attached hydrogen (secondary N) is 1. The van der Waals surface area contributed by atoms with E-state index in [1.54, 1.807) is 7.05 Å². The molecule has 0 fully saturated rings. The highest BCUT2D eigenvalue weighted by Crippen LogP contribution is 2.13. The minimum Gasteiger partial charge on any atom is -0.463 e. The van der Waals surface area contributed by atoms with Crippen LogP contribution in [-0.4, -0.2) is 35.2 Å². The lowest BCUT2D eigenvalue weighted by molar-refractivity contribution is 0.257. The number of anilines is 1. The van der Waals surface area contributed by atoms with Crippen LogP contribution in [0.15, 0.2) is 0 Å². The Morgan fingerprint density at radius 1 is 0.800 bits per heavy atom. The normalized spacial score (nSPS) is 10.3. The molecule has 0 aliphatic rings. The molecule has 0 aliphatic heterocycles. The summed E-state index contributed by atoms with van der Waals surface area (Å²) < 4.78 is 11.0. The third-order valence-corrected chi connectivity index (χ3v) is 2.73. The standard InChI is InChI=1S/C14H26N4O2/c1-4-6-7-8-9-11-20-14-17-12(15-3)16-13(18-14)19-10-5-2/h4-11H2,1-3H3,(H,15,16,17,18). The zero-order chi connectivity index (χ0) is 14.6. The predicted octanol–water partition coefficient (Wildman–Crippen LogP) is 3.05. The molecule has 0 atom stereocenters. The lowest BCUT2D eigenvalue weighted by Crippen LogP contribution is -2.08. The highest BCUT2D eigenvalue weighted by Gasteiger charge is 2.07. The van der Waals surface area contributed by atoms with Crippen molar-refractivity contribution in [2.24, 2.45) is 0 Å². The van der Waals surface area contributed by atoms with Crippen molar-refractivity contribution >= 4 is 5.95 Å². The van der Waals surface area contributed by atoms with Crippen molar-refractivity contribution in [1.29, 1.82) is 0 Å². The molecule has 0 saturated heterocycles. The first-order valence-corrected chi connectivity index (χ1v) is 7.49. The fraction of sp³-hybridized carbons (Fsp3) is 0.786. The van der Waals surface area contributed by atoms with Gasteiger partial charge < -0.3 is 14.8 Å². The van der Waals surface area contributed by atoms with E-state index in [4.69, 9.17) is 9.47 Å². The van der Waals surface area contributed by atoms with E-state index in [0.717, 1.165) is 12.8 Å². The van der Waals surface area contributed by atoms with Gasteiger partial charge in [-0.25, -0.2) is 0 Å². The van der Waals surface area contributed by atoms with Crippen molar-refractivity contribution < 1.29 is 9.47 Å². The second-order valence-electron chi connectivity index (χ2n) is 4.59. The number of unbranched alkanes of at least 4 members (excludes halogenated alkanes) is 4. The van der Waals surface area contributed by atoms with Crippen LogP contribution in [0.3, 0.4) is 0 Å². The maximum Gasteiger partial charge on any atom is 0.324 e. The molecule has 20 heavy (non-hydrogen) atoms. The molecule has 6 heteroatoms. The summed E-state index contributed by atoms with van der Waals surface area (Å²) in [5.74, 6) is 0.465. The summed E-state index contributed by atoms with van der Waals surface area (Å²) in [6.07, 6.45) is 6.89. The molecule has 0 unspecified atom stereocenters. The Kier molecular flexibility index (Phi) is 8.42. The summed E-state index contributed by atoms with van der Waals surface area (Å²) in [7, 11) is 1.76. The van der Waals surface area contributed by atoms with Crippen LogP contribution in [0.25, 0.3) is 0 Å². The van der Waals surface area contributed by atoms with Gasteiger partial charge in [-0.2, -0.15) is 9.97 Å². The minimum absolute atomic E-state index is 0.312. The van der Waals surface area contributed by atoms with Crippen LogP contribution in [0, 0.1) is 0 Å². The van der Waals surface area contributed by atoms with Gasteiger partial charge in [0.25, 0.3) is 0 Å². The molecule has 0 spiro atoms. The number of hydrogen-bond acceptors (Lipinski definition) is 6. The highest BCUT2D eigenvalue weighted by atomic mass is 16.5. The van der Waals surface area contributed by atoms with Gasteiger partial charge in [-0.1, -0.05) is 39.5 Å². The van der Waals surface area contributed by atoms with E-state index in [-0.39, 0.29) is 0 Å². The Morgan fingerprint density at radius 3 is 2.05 bits per heavy atom. The molecule has 0 bridgehead atoms. The molecule has 1 heterocycles. The lowest BCUT2D eigenvalue weighted by Gasteiger charge is -2.08. The van der Waals surface area contributed by atoms with Crippen LogP contribution in [0.4, 0.5) is 5.95 Å². The summed E-state index contributed by atoms with van der Waals surface area (Å²) in [6, 6.07) is 0.637. The Hall–Kier alpha value is -1.59. The zero-order valence-electron chi connectivity index (χ0n) is 12.8. The fourth-order valence-corrected chi connectivity index (χ4v) is 1.64. The van der Waals surface area contributed by atoms with E-state index < -0.39 is 0 Å². The van der Waals surface area contributed by atoms with Crippen molar-refractivity contribution in [3.05, 3.63) is 0 Å². The van der Waals surface area contributed by atoms with E-state index in [1.807, 2.05) is 6.92 Å². The molecule has 0 aliphatic carbocycles. The Balaban J connectivity index is 2.42. The van der Waals surface area contributed by atoms with Crippen molar-refractivity contribution in [3.8, 4) is 12.0 Å². The molecular weight excluding hydrogens is 256 g/mol. The fourth-order valence-electron chi connectivity index (χ4n) is 1.64. The third kappa shape index (κ3) is 6.54. The van der Waals surface area contributed by atoms with E-state index in [0.29, 0.717) is 31.2 Å². The monoisotopic (exact) mass is 282 g/mol. The molecule has 1 N–H and O–H groups in total. The topological polar surface area (TPSA) is 69.2 Å². The van der Waals surface area contributed by atoms with Crippen LogP contribution in [0.1, 0.15) is 52.4 Å². The zero-order valence-corrected chi connectivity index (χ0v) is 12.8. The number of aromatic nitrogens is 3. The van der Waals surface area contributed by atoms with Gasteiger partial charge in [-0.05, 0) is 12.8 Å². The Morgan fingerprint density at radius 2 is 1.45 bits per heavy atom. The van der Waals surface area contributed by atoms with Crippen molar-refractivity contribution in [2.75, 3.05) is 25.6 Å². The largest absolute Gasteiger partial charge is 0.463 e. The maximum absolute atomic E-state index is 5.57. The van der Waals surface area contributed by atoms with Crippen molar-refractivity contribution in [3.63, 3.8) is 0 Å². The van der Waals surface area contributed by atoms with Gasteiger partial charge in [0.05, 0.1) is 13.2 Å². The summed E-state index contributed by atoms with van der Waals surface area (Å²) in [4.78, 5) is 12.4. The second-order valence-corrected chi connectivity index (χ2v) is 4.59.